The fourth-order valence-corrected chi connectivity index (χ4v) is 2.52. The molecule has 0 radical (unpaired) electrons. The summed E-state index contributed by atoms with van der Waals surface area (Å²) in [4.78, 5) is 4.12. The molecule has 3 rings (SSSR count). The summed E-state index contributed by atoms with van der Waals surface area (Å²) in [5.41, 5.74) is 2.73. The molecule has 0 aliphatic heterocycles. The average Bonchev–Trinajstić information content (AvgIpc) is 3.26. The first-order valence-corrected chi connectivity index (χ1v) is 7.23. The van der Waals surface area contributed by atoms with E-state index in [1.807, 2.05) is 12.1 Å². The van der Waals surface area contributed by atoms with Crippen molar-refractivity contribution in [3.8, 4) is 6.07 Å². The molecular weight excluding hydrogens is 286 g/mol. The van der Waals surface area contributed by atoms with E-state index in [0.717, 1.165) is 24.1 Å². The van der Waals surface area contributed by atoms with Gasteiger partial charge in [0.2, 0.25) is 0 Å². The lowest BCUT2D eigenvalue weighted by Crippen LogP contribution is -2.13. The van der Waals surface area contributed by atoms with Gasteiger partial charge in [0, 0.05) is 18.1 Å². The molecule has 1 aromatic carbocycles. The molecule has 6 heteroatoms. The highest BCUT2D eigenvalue weighted by Crippen LogP contribution is 2.43. The molecule has 0 atom stereocenters. The number of benzene rings is 1. The van der Waals surface area contributed by atoms with Gasteiger partial charge >= 0.3 is 0 Å². The monoisotopic (exact) mass is 302 g/mol. The second kappa shape index (κ2) is 6.14. The topological polar surface area (TPSA) is 53.6 Å². The van der Waals surface area contributed by atoms with Gasteiger partial charge in [-0.25, -0.2) is 13.8 Å². The van der Waals surface area contributed by atoms with E-state index < -0.39 is 6.43 Å². The van der Waals surface area contributed by atoms with Gasteiger partial charge in [-0.15, -0.1) is 0 Å². The number of aromatic nitrogens is 2. The fraction of sp³-hybridized carbons (Fsp3) is 0.375. The summed E-state index contributed by atoms with van der Waals surface area (Å²) in [7, 11) is 0. The first-order valence-electron chi connectivity index (χ1n) is 7.23. The van der Waals surface area contributed by atoms with E-state index in [1.54, 1.807) is 12.3 Å². The molecule has 1 N–H and O–H groups in total. The number of halogens is 2. The van der Waals surface area contributed by atoms with Crippen LogP contribution >= 0.6 is 0 Å². The van der Waals surface area contributed by atoms with Gasteiger partial charge in [-0.2, -0.15) is 5.26 Å². The molecule has 1 fully saturated rings. The van der Waals surface area contributed by atoms with Crippen LogP contribution in [0.25, 0.3) is 0 Å². The van der Waals surface area contributed by atoms with E-state index in [2.05, 4.69) is 16.4 Å². The number of imidazole rings is 1. The summed E-state index contributed by atoms with van der Waals surface area (Å²) in [6.45, 7) is 0.0329. The molecule has 114 valence electrons. The highest BCUT2D eigenvalue weighted by molar-refractivity contribution is 5.57. The second-order valence-electron chi connectivity index (χ2n) is 5.43. The Morgan fingerprint density at radius 1 is 1.41 bits per heavy atom. The molecule has 1 heterocycles. The standard InChI is InChI=1S/C16H16F2N4/c17-15(18)10-22-6-5-20-16(22)9-21-14-4-1-11(8-19)7-13(14)12-2-3-12/h1,4-7,12,15,21H,2-3,9-10H2. The summed E-state index contributed by atoms with van der Waals surface area (Å²) in [5, 5.41) is 12.3. The van der Waals surface area contributed by atoms with Crippen molar-refractivity contribution in [3.05, 3.63) is 47.5 Å². The predicted molar refractivity (Wildman–Crippen MR) is 78.7 cm³/mol. The molecule has 0 bridgehead atoms. The lowest BCUT2D eigenvalue weighted by Gasteiger charge is -2.13. The quantitative estimate of drug-likeness (QED) is 0.888. The van der Waals surface area contributed by atoms with E-state index >= 15 is 0 Å². The largest absolute Gasteiger partial charge is 0.378 e. The SMILES string of the molecule is N#Cc1ccc(NCc2nccn2CC(F)F)c(C2CC2)c1. The molecule has 1 aliphatic carbocycles. The summed E-state index contributed by atoms with van der Waals surface area (Å²) >= 11 is 0. The van der Waals surface area contributed by atoms with Crippen LogP contribution in [0.15, 0.2) is 30.6 Å². The molecule has 1 aliphatic rings. The summed E-state index contributed by atoms with van der Waals surface area (Å²) in [6.07, 6.45) is 2.95. The van der Waals surface area contributed by atoms with Crippen molar-refractivity contribution in [3.63, 3.8) is 0 Å². The molecular formula is C16H16F2N4. The van der Waals surface area contributed by atoms with Gasteiger partial charge in [0.05, 0.1) is 24.7 Å². The molecule has 0 amide bonds. The van der Waals surface area contributed by atoms with Crippen LogP contribution in [-0.4, -0.2) is 16.0 Å². The molecule has 0 unspecified atom stereocenters. The molecule has 0 spiro atoms. The molecule has 1 aromatic heterocycles. The summed E-state index contributed by atoms with van der Waals surface area (Å²) < 4.78 is 26.5. The Bertz CT molecular complexity index is 698. The first-order chi connectivity index (χ1) is 10.7. The lowest BCUT2D eigenvalue weighted by atomic mass is 10.0. The normalized spacial score (nSPS) is 14.1. The van der Waals surface area contributed by atoms with Gasteiger partial charge in [0.25, 0.3) is 6.43 Å². The Morgan fingerprint density at radius 2 is 2.23 bits per heavy atom. The van der Waals surface area contributed by atoms with E-state index in [0.29, 0.717) is 23.9 Å². The van der Waals surface area contributed by atoms with E-state index in [1.165, 1.54) is 10.8 Å². The molecule has 22 heavy (non-hydrogen) atoms. The number of hydrogen-bond donors (Lipinski definition) is 1. The van der Waals surface area contributed by atoms with E-state index in [-0.39, 0.29) is 6.54 Å². The maximum absolute atomic E-state index is 12.5. The Kier molecular flexibility index (Phi) is 4.05. The Morgan fingerprint density at radius 3 is 2.91 bits per heavy atom. The maximum atomic E-state index is 12.5. The number of alkyl halides is 2. The number of rotatable bonds is 6. The van der Waals surface area contributed by atoms with Crippen LogP contribution in [0.1, 0.15) is 35.7 Å². The van der Waals surface area contributed by atoms with Gasteiger partial charge in [0.1, 0.15) is 5.82 Å². The molecule has 1 saturated carbocycles. The van der Waals surface area contributed by atoms with Crippen molar-refractivity contribution >= 4 is 5.69 Å². The fourth-order valence-electron chi connectivity index (χ4n) is 2.52. The second-order valence-corrected chi connectivity index (χ2v) is 5.43. The van der Waals surface area contributed by atoms with Gasteiger partial charge in [-0.1, -0.05) is 0 Å². The van der Waals surface area contributed by atoms with Crippen LogP contribution in [0.4, 0.5) is 14.5 Å². The third kappa shape index (κ3) is 3.25. The minimum Gasteiger partial charge on any atom is -0.378 e. The maximum Gasteiger partial charge on any atom is 0.256 e. The molecule has 0 saturated heterocycles. The number of nitrogens with one attached hydrogen (secondary N) is 1. The van der Waals surface area contributed by atoms with E-state index in [4.69, 9.17) is 5.26 Å². The van der Waals surface area contributed by atoms with Crippen molar-refractivity contribution in [2.45, 2.75) is 38.3 Å². The Labute approximate surface area is 127 Å². The van der Waals surface area contributed by atoms with Crippen molar-refractivity contribution in [2.75, 3.05) is 5.32 Å². The smallest absolute Gasteiger partial charge is 0.256 e. The predicted octanol–water partition coefficient (Wildman–Crippen LogP) is 3.51. The lowest BCUT2D eigenvalue weighted by molar-refractivity contribution is 0.125. The Hall–Kier alpha value is -2.42. The van der Waals surface area contributed by atoms with Crippen molar-refractivity contribution in [1.82, 2.24) is 9.55 Å². The van der Waals surface area contributed by atoms with Crippen LogP contribution < -0.4 is 5.32 Å². The van der Waals surface area contributed by atoms with Crippen molar-refractivity contribution in [2.24, 2.45) is 0 Å². The van der Waals surface area contributed by atoms with Gasteiger partial charge < -0.3 is 9.88 Å². The number of hydrogen-bond acceptors (Lipinski definition) is 3. The first kappa shape index (κ1) is 14.5. The highest BCUT2D eigenvalue weighted by Gasteiger charge is 2.26. The molecule has 4 nitrogen and oxygen atoms in total. The zero-order chi connectivity index (χ0) is 15.5. The number of nitriles is 1. The number of anilines is 1. The van der Waals surface area contributed by atoms with Crippen LogP contribution in [0.2, 0.25) is 0 Å². The van der Waals surface area contributed by atoms with Gasteiger partial charge in [-0.3, -0.25) is 0 Å². The zero-order valence-corrected chi connectivity index (χ0v) is 12.0. The minimum atomic E-state index is -2.40. The Balaban J connectivity index is 1.74. The van der Waals surface area contributed by atoms with Crippen molar-refractivity contribution in [1.29, 1.82) is 5.26 Å². The highest BCUT2D eigenvalue weighted by atomic mass is 19.3. The van der Waals surface area contributed by atoms with Crippen LogP contribution in [0.5, 0.6) is 0 Å². The van der Waals surface area contributed by atoms with Crippen LogP contribution in [0, 0.1) is 11.3 Å². The average molecular weight is 302 g/mol. The van der Waals surface area contributed by atoms with Gasteiger partial charge in [0.15, 0.2) is 0 Å². The van der Waals surface area contributed by atoms with Crippen LogP contribution in [-0.2, 0) is 13.1 Å². The number of nitrogens with zero attached hydrogens (tertiary/aromatic N) is 3. The van der Waals surface area contributed by atoms with Gasteiger partial charge in [-0.05, 0) is 42.5 Å². The summed E-state index contributed by atoms with van der Waals surface area (Å²) in [5.74, 6) is 1.07. The van der Waals surface area contributed by atoms with Crippen molar-refractivity contribution < 1.29 is 8.78 Å². The van der Waals surface area contributed by atoms with Crippen LogP contribution in [0.3, 0.4) is 0 Å². The third-order valence-corrected chi connectivity index (χ3v) is 3.77. The summed E-state index contributed by atoms with van der Waals surface area (Å²) in [6, 6.07) is 7.70. The third-order valence-electron chi connectivity index (χ3n) is 3.77. The molecule has 2 aromatic rings. The minimum absolute atomic E-state index is 0.347. The van der Waals surface area contributed by atoms with E-state index in [9.17, 15) is 8.78 Å². The zero-order valence-electron chi connectivity index (χ0n) is 12.0.